The minimum Gasteiger partial charge on any atom is -0.497 e. The Labute approximate surface area is 224 Å². The first-order chi connectivity index (χ1) is 17.5. The van der Waals surface area contributed by atoms with Gasteiger partial charge in [-0.2, -0.15) is 0 Å². The van der Waals surface area contributed by atoms with Crippen LogP contribution in [-0.2, 0) is 6.42 Å². The fraction of sp³-hybridized carbons (Fsp3) is 0.438. The Morgan fingerprint density at radius 2 is 1.72 bits per heavy atom. The van der Waals surface area contributed by atoms with Crippen molar-refractivity contribution in [1.82, 2.24) is 0 Å². The molecule has 36 heavy (non-hydrogen) atoms. The molecule has 0 saturated heterocycles. The predicted molar refractivity (Wildman–Crippen MR) is 153 cm³/mol. The van der Waals surface area contributed by atoms with Crippen LogP contribution in [0.25, 0.3) is 0 Å². The van der Waals surface area contributed by atoms with Crippen LogP contribution in [0, 0.1) is 17.3 Å². The highest BCUT2D eigenvalue weighted by Gasteiger charge is 2.54. The van der Waals surface area contributed by atoms with Crippen LogP contribution < -0.4 is 15.4 Å². The lowest BCUT2D eigenvalue weighted by molar-refractivity contribution is -0.0177. The third-order valence-corrected chi connectivity index (χ3v) is 10.0. The van der Waals surface area contributed by atoms with E-state index in [4.69, 9.17) is 4.74 Å². The fourth-order valence-electron chi connectivity index (χ4n) is 7.76. The Morgan fingerprint density at radius 1 is 0.889 bits per heavy atom. The molecule has 0 aromatic heterocycles. The highest BCUT2D eigenvalue weighted by atomic mass is 79.9. The highest BCUT2D eigenvalue weighted by Crippen LogP contribution is 2.60. The zero-order valence-electron chi connectivity index (χ0n) is 21.3. The highest BCUT2D eigenvalue weighted by molar-refractivity contribution is 9.10. The SMILES string of the molecule is COc1ccc2c(c1)CC[C@@H]1[C@@H]2CC[C@]2(C)[C@@H](Nc3cccc(Br)c3)C[C@@H](Nc3ccccc3)C[C@@H]12. The topological polar surface area (TPSA) is 33.3 Å². The van der Waals surface area contributed by atoms with Crippen LogP contribution in [0.5, 0.6) is 5.75 Å². The van der Waals surface area contributed by atoms with Gasteiger partial charge >= 0.3 is 0 Å². The van der Waals surface area contributed by atoms with Gasteiger partial charge in [-0.3, -0.25) is 0 Å². The number of ether oxygens (including phenoxy) is 1. The molecule has 0 unspecified atom stereocenters. The van der Waals surface area contributed by atoms with Gasteiger partial charge in [-0.25, -0.2) is 0 Å². The van der Waals surface area contributed by atoms with Crippen LogP contribution in [0.4, 0.5) is 11.4 Å². The van der Waals surface area contributed by atoms with Gasteiger partial charge in [0.25, 0.3) is 0 Å². The van der Waals surface area contributed by atoms with Crippen molar-refractivity contribution in [3.05, 3.63) is 88.4 Å². The molecule has 4 heteroatoms. The van der Waals surface area contributed by atoms with Crippen molar-refractivity contribution in [2.45, 2.75) is 63.5 Å². The molecule has 3 aliphatic carbocycles. The predicted octanol–water partition coefficient (Wildman–Crippen LogP) is 8.28. The Hall–Kier alpha value is -2.46. The number of nitrogens with one attached hydrogen (secondary N) is 2. The number of aryl methyl sites for hydroxylation is 1. The van der Waals surface area contributed by atoms with Gasteiger partial charge in [0.05, 0.1) is 7.11 Å². The second kappa shape index (κ2) is 9.78. The van der Waals surface area contributed by atoms with Gasteiger partial charge in [0.15, 0.2) is 0 Å². The van der Waals surface area contributed by atoms with Crippen molar-refractivity contribution in [3.63, 3.8) is 0 Å². The van der Waals surface area contributed by atoms with E-state index in [1.54, 1.807) is 12.7 Å². The van der Waals surface area contributed by atoms with E-state index >= 15 is 0 Å². The number of methoxy groups -OCH3 is 1. The third-order valence-electron chi connectivity index (χ3n) is 9.54. The summed E-state index contributed by atoms with van der Waals surface area (Å²) in [6.45, 7) is 2.59. The molecule has 6 atom stereocenters. The van der Waals surface area contributed by atoms with E-state index in [9.17, 15) is 0 Å². The zero-order chi connectivity index (χ0) is 24.7. The van der Waals surface area contributed by atoms with Crippen molar-refractivity contribution < 1.29 is 4.74 Å². The first-order valence-electron chi connectivity index (χ1n) is 13.5. The second-order valence-electron chi connectivity index (χ2n) is 11.4. The maximum Gasteiger partial charge on any atom is 0.119 e. The number of anilines is 2. The summed E-state index contributed by atoms with van der Waals surface area (Å²) in [5, 5.41) is 7.94. The second-order valence-corrected chi connectivity index (χ2v) is 12.3. The van der Waals surface area contributed by atoms with Gasteiger partial charge in [-0.1, -0.05) is 53.2 Å². The minimum absolute atomic E-state index is 0.280. The summed E-state index contributed by atoms with van der Waals surface area (Å²) in [5.74, 6) is 3.08. The molecule has 0 radical (unpaired) electrons. The van der Waals surface area contributed by atoms with E-state index in [0.717, 1.165) is 22.6 Å². The van der Waals surface area contributed by atoms with E-state index in [2.05, 4.69) is 106 Å². The Bertz CT molecular complexity index is 1210. The minimum atomic E-state index is 0.280. The first kappa shape index (κ1) is 23.9. The lowest BCUT2D eigenvalue weighted by atomic mass is 9.48. The number of benzene rings is 3. The van der Waals surface area contributed by atoms with Crippen LogP contribution in [0.15, 0.2) is 77.3 Å². The van der Waals surface area contributed by atoms with E-state index in [1.165, 1.54) is 49.0 Å². The van der Waals surface area contributed by atoms with Crippen LogP contribution in [0.2, 0.25) is 0 Å². The van der Waals surface area contributed by atoms with Crippen molar-refractivity contribution in [2.24, 2.45) is 17.3 Å². The van der Waals surface area contributed by atoms with Crippen molar-refractivity contribution in [1.29, 1.82) is 0 Å². The average Bonchev–Trinajstić information content (AvgIpc) is 2.89. The Kier molecular flexibility index (Phi) is 6.49. The molecule has 2 fully saturated rings. The monoisotopic (exact) mass is 544 g/mol. The number of fused-ring (bicyclic) bond motifs is 5. The number of rotatable bonds is 5. The molecule has 3 nitrogen and oxygen atoms in total. The summed E-state index contributed by atoms with van der Waals surface area (Å²) in [7, 11) is 1.78. The molecule has 0 bridgehead atoms. The summed E-state index contributed by atoms with van der Waals surface area (Å²) < 4.78 is 6.68. The largest absolute Gasteiger partial charge is 0.497 e. The average molecular weight is 546 g/mol. The Balaban J connectivity index is 1.33. The molecule has 0 heterocycles. The van der Waals surface area contributed by atoms with Gasteiger partial charge in [-0.15, -0.1) is 0 Å². The maximum atomic E-state index is 5.55. The molecule has 0 spiro atoms. The quantitative estimate of drug-likeness (QED) is 0.339. The van der Waals surface area contributed by atoms with Crippen LogP contribution in [0.1, 0.15) is 56.1 Å². The maximum absolute atomic E-state index is 5.55. The lowest BCUT2D eigenvalue weighted by Crippen LogP contribution is -2.57. The van der Waals surface area contributed by atoms with E-state index < -0.39 is 0 Å². The Morgan fingerprint density at radius 3 is 2.53 bits per heavy atom. The number of halogens is 1. The molecular weight excluding hydrogens is 508 g/mol. The molecule has 3 aliphatic rings. The summed E-state index contributed by atoms with van der Waals surface area (Å²) in [4.78, 5) is 0. The standard InChI is InChI=1S/C32H37BrN2O/c1-32-16-15-28-27-14-12-26(36-2)17-21(27)11-13-29(28)30(32)19-25(34-23-8-4-3-5-9-23)20-31(32)35-24-10-6-7-22(33)18-24/h3-10,12,14,17-18,25,28-31,34-35H,11,13,15-16,19-20H2,1-2H3/t25-,28+,29+,30-,31-,32-/m0/s1. The summed E-state index contributed by atoms with van der Waals surface area (Å²) in [6.07, 6.45) is 7.39. The van der Waals surface area contributed by atoms with Gasteiger partial charge in [0, 0.05) is 27.9 Å². The molecule has 3 aromatic rings. The van der Waals surface area contributed by atoms with Crippen molar-refractivity contribution >= 4 is 27.3 Å². The van der Waals surface area contributed by atoms with Gasteiger partial charge in [-0.05, 0) is 115 Å². The normalized spacial score (nSPS) is 30.9. The summed E-state index contributed by atoms with van der Waals surface area (Å²) >= 11 is 3.68. The summed E-state index contributed by atoms with van der Waals surface area (Å²) in [5.41, 5.74) is 5.84. The van der Waals surface area contributed by atoms with Crippen molar-refractivity contribution in [2.75, 3.05) is 17.7 Å². The van der Waals surface area contributed by atoms with Crippen molar-refractivity contribution in [3.8, 4) is 5.75 Å². The number of hydrogen-bond donors (Lipinski definition) is 2. The molecule has 6 rings (SSSR count). The molecule has 188 valence electrons. The smallest absolute Gasteiger partial charge is 0.119 e. The van der Waals surface area contributed by atoms with E-state index in [0.29, 0.717) is 23.9 Å². The first-order valence-corrected chi connectivity index (χ1v) is 14.3. The van der Waals surface area contributed by atoms with Gasteiger partial charge in [0.2, 0.25) is 0 Å². The molecule has 0 aliphatic heterocycles. The van der Waals surface area contributed by atoms with Gasteiger partial charge in [0.1, 0.15) is 5.75 Å². The van der Waals surface area contributed by atoms with Gasteiger partial charge < -0.3 is 15.4 Å². The van der Waals surface area contributed by atoms with Crippen LogP contribution in [-0.4, -0.2) is 19.2 Å². The van der Waals surface area contributed by atoms with Crippen LogP contribution in [0.3, 0.4) is 0 Å². The zero-order valence-corrected chi connectivity index (χ0v) is 22.9. The fourth-order valence-corrected chi connectivity index (χ4v) is 8.16. The molecule has 3 aromatic carbocycles. The molecular formula is C32H37BrN2O. The molecule has 2 N–H and O–H groups in total. The summed E-state index contributed by atoms with van der Waals surface area (Å²) in [6, 6.07) is 27.2. The van der Waals surface area contributed by atoms with E-state index in [1.807, 2.05) is 0 Å². The molecule has 2 saturated carbocycles. The lowest BCUT2D eigenvalue weighted by Gasteiger charge is -2.59. The molecule has 0 amide bonds. The third kappa shape index (κ3) is 4.42. The van der Waals surface area contributed by atoms with Crippen LogP contribution >= 0.6 is 15.9 Å². The van der Waals surface area contributed by atoms with E-state index in [-0.39, 0.29) is 5.41 Å². The number of para-hydroxylation sites is 1. The number of hydrogen-bond acceptors (Lipinski definition) is 3.